The number of carbonyl (C=O) groups is 2. The SMILES string of the molecule is CN1C(=O)CCC(Nc2ccc(C#N)c(N)c2)C1=O. The molecule has 0 aliphatic carbocycles. The van der Waals surface area contributed by atoms with E-state index in [4.69, 9.17) is 11.0 Å². The predicted octanol–water partition coefficient (Wildman–Crippen LogP) is 0.700. The Hall–Kier alpha value is -2.55. The van der Waals surface area contributed by atoms with Crippen molar-refractivity contribution < 1.29 is 9.59 Å². The molecule has 1 aromatic rings. The number of anilines is 2. The molecule has 1 aliphatic heterocycles. The number of rotatable bonds is 2. The minimum absolute atomic E-state index is 0.164. The van der Waals surface area contributed by atoms with Gasteiger partial charge in [-0.25, -0.2) is 0 Å². The van der Waals surface area contributed by atoms with Crippen molar-refractivity contribution in [2.75, 3.05) is 18.1 Å². The van der Waals surface area contributed by atoms with Gasteiger partial charge in [0, 0.05) is 19.2 Å². The van der Waals surface area contributed by atoms with Crippen LogP contribution < -0.4 is 11.1 Å². The second kappa shape index (κ2) is 4.98. The first-order valence-corrected chi connectivity index (χ1v) is 5.89. The van der Waals surface area contributed by atoms with Crippen molar-refractivity contribution in [3.8, 4) is 6.07 Å². The van der Waals surface area contributed by atoms with Crippen molar-refractivity contribution in [2.24, 2.45) is 0 Å². The van der Waals surface area contributed by atoms with Gasteiger partial charge in [-0.05, 0) is 24.6 Å². The molecule has 6 heteroatoms. The summed E-state index contributed by atoms with van der Waals surface area (Å²) < 4.78 is 0. The molecule has 3 N–H and O–H groups in total. The summed E-state index contributed by atoms with van der Waals surface area (Å²) in [5.41, 5.74) is 7.13. The Kier molecular flexibility index (Phi) is 3.38. The first-order valence-electron chi connectivity index (χ1n) is 5.89. The van der Waals surface area contributed by atoms with Gasteiger partial charge in [0.15, 0.2) is 0 Å². The van der Waals surface area contributed by atoms with Gasteiger partial charge in [0.25, 0.3) is 5.91 Å². The topological polar surface area (TPSA) is 99.2 Å². The molecular formula is C13H14N4O2. The zero-order valence-electron chi connectivity index (χ0n) is 10.5. The van der Waals surface area contributed by atoms with Crippen molar-refractivity contribution in [2.45, 2.75) is 18.9 Å². The minimum Gasteiger partial charge on any atom is -0.398 e. The maximum absolute atomic E-state index is 11.9. The van der Waals surface area contributed by atoms with Crippen molar-refractivity contribution in [3.05, 3.63) is 23.8 Å². The molecule has 2 amide bonds. The highest BCUT2D eigenvalue weighted by molar-refractivity contribution is 6.01. The van der Waals surface area contributed by atoms with Gasteiger partial charge in [0.05, 0.1) is 11.3 Å². The second-order valence-electron chi connectivity index (χ2n) is 4.44. The number of piperidine rings is 1. The Labute approximate surface area is 110 Å². The zero-order valence-corrected chi connectivity index (χ0v) is 10.5. The van der Waals surface area contributed by atoms with Crippen LogP contribution in [0, 0.1) is 11.3 Å². The molecule has 1 saturated heterocycles. The van der Waals surface area contributed by atoms with Gasteiger partial charge in [0.2, 0.25) is 5.91 Å². The van der Waals surface area contributed by atoms with E-state index in [0.717, 1.165) is 4.90 Å². The molecule has 0 bridgehead atoms. The van der Waals surface area contributed by atoms with Crippen molar-refractivity contribution in [1.29, 1.82) is 5.26 Å². The Bertz CT molecular complexity index is 576. The molecule has 1 heterocycles. The van der Waals surface area contributed by atoms with Crippen LogP contribution in [0.5, 0.6) is 0 Å². The molecule has 2 rings (SSSR count). The number of nitrogen functional groups attached to an aromatic ring is 1. The number of likely N-dealkylation sites (tertiary alicyclic amines) is 1. The summed E-state index contributed by atoms with van der Waals surface area (Å²) in [5.74, 6) is -0.415. The number of likely N-dealkylation sites (N-methyl/N-ethyl adjacent to an activating group) is 1. The van der Waals surface area contributed by atoms with E-state index in [9.17, 15) is 9.59 Å². The van der Waals surface area contributed by atoms with Crippen LogP contribution in [0.15, 0.2) is 18.2 Å². The highest BCUT2D eigenvalue weighted by Crippen LogP contribution is 2.21. The van der Waals surface area contributed by atoms with Crippen molar-refractivity contribution in [1.82, 2.24) is 4.90 Å². The van der Waals surface area contributed by atoms with Crippen LogP contribution in [-0.4, -0.2) is 29.8 Å². The number of amides is 2. The van der Waals surface area contributed by atoms with E-state index < -0.39 is 6.04 Å². The molecule has 1 fully saturated rings. The van der Waals surface area contributed by atoms with Crippen LogP contribution in [0.25, 0.3) is 0 Å². The largest absolute Gasteiger partial charge is 0.398 e. The molecule has 0 spiro atoms. The molecule has 1 atom stereocenters. The van der Waals surface area contributed by atoms with Crippen molar-refractivity contribution >= 4 is 23.2 Å². The van der Waals surface area contributed by atoms with E-state index in [-0.39, 0.29) is 11.8 Å². The fraction of sp³-hybridized carbons (Fsp3) is 0.308. The van der Waals surface area contributed by atoms with Gasteiger partial charge in [0.1, 0.15) is 12.1 Å². The Balaban J connectivity index is 2.14. The van der Waals surface area contributed by atoms with Crippen LogP contribution in [0.3, 0.4) is 0 Å². The highest BCUT2D eigenvalue weighted by Gasteiger charge is 2.31. The van der Waals surface area contributed by atoms with E-state index in [2.05, 4.69) is 5.32 Å². The quantitative estimate of drug-likeness (QED) is 0.601. The summed E-state index contributed by atoms with van der Waals surface area (Å²) in [4.78, 5) is 24.4. The number of nitrogens with two attached hydrogens (primary N) is 1. The van der Waals surface area contributed by atoms with Crippen molar-refractivity contribution in [3.63, 3.8) is 0 Å². The Morgan fingerprint density at radius 1 is 1.47 bits per heavy atom. The Morgan fingerprint density at radius 3 is 2.84 bits per heavy atom. The van der Waals surface area contributed by atoms with E-state index in [0.29, 0.717) is 29.8 Å². The van der Waals surface area contributed by atoms with E-state index in [1.165, 1.54) is 7.05 Å². The normalized spacial score (nSPS) is 19.2. The van der Waals surface area contributed by atoms with Crippen LogP contribution >= 0.6 is 0 Å². The minimum atomic E-state index is -0.435. The summed E-state index contributed by atoms with van der Waals surface area (Å²) in [7, 11) is 1.48. The number of hydrogen-bond donors (Lipinski definition) is 2. The number of imide groups is 1. The van der Waals surface area contributed by atoms with E-state index in [1.807, 2.05) is 6.07 Å². The monoisotopic (exact) mass is 258 g/mol. The molecule has 98 valence electrons. The fourth-order valence-electron chi connectivity index (χ4n) is 2.01. The molecule has 0 saturated carbocycles. The smallest absolute Gasteiger partial charge is 0.251 e. The summed E-state index contributed by atoms with van der Waals surface area (Å²) in [6.07, 6.45) is 0.799. The molecule has 1 aromatic carbocycles. The van der Waals surface area contributed by atoms with Gasteiger partial charge < -0.3 is 11.1 Å². The number of nitrogens with one attached hydrogen (secondary N) is 1. The molecular weight excluding hydrogens is 244 g/mol. The number of carbonyl (C=O) groups excluding carboxylic acids is 2. The lowest BCUT2D eigenvalue weighted by molar-refractivity contribution is -0.146. The lowest BCUT2D eigenvalue weighted by Crippen LogP contribution is -2.48. The van der Waals surface area contributed by atoms with E-state index in [1.54, 1.807) is 18.2 Å². The van der Waals surface area contributed by atoms with Crippen LogP contribution in [-0.2, 0) is 9.59 Å². The van der Waals surface area contributed by atoms with Gasteiger partial charge in [-0.15, -0.1) is 0 Å². The zero-order chi connectivity index (χ0) is 14.0. The summed E-state index contributed by atoms with van der Waals surface area (Å²) in [6.45, 7) is 0. The second-order valence-corrected chi connectivity index (χ2v) is 4.44. The maximum atomic E-state index is 11.9. The van der Waals surface area contributed by atoms with Crippen LogP contribution in [0.2, 0.25) is 0 Å². The predicted molar refractivity (Wildman–Crippen MR) is 70.0 cm³/mol. The lowest BCUT2D eigenvalue weighted by atomic mass is 10.0. The van der Waals surface area contributed by atoms with Crippen LogP contribution in [0.1, 0.15) is 18.4 Å². The number of nitrogens with zero attached hydrogens (tertiary/aromatic N) is 2. The maximum Gasteiger partial charge on any atom is 0.251 e. The molecule has 1 aliphatic rings. The number of hydrogen-bond acceptors (Lipinski definition) is 5. The average molecular weight is 258 g/mol. The average Bonchev–Trinajstić information content (AvgIpc) is 2.40. The first kappa shape index (κ1) is 12.9. The first-order chi connectivity index (χ1) is 9.02. The third-order valence-corrected chi connectivity index (χ3v) is 3.16. The third kappa shape index (κ3) is 2.50. The number of benzene rings is 1. The van der Waals surface area contributed by atoms with Gasteiger partial charge in [-0.1, -0.05) is 0 Å². The molecule has 0 aromatic heterocycles. The van der Waals surface area contributed by atoms with Gasteiger partial charge >= 0.3 is 0 Å². The third-order valence-electron chi connectivity index (χ3n) is 3.16. The molecule has 1 unspecified atom stereocenters. The van der Waals surface area contributed by atoms with E-state index >= 15 is 0 Å². The summed E-state index contributed by atoms with van der Waals surface area (Å²) in [6, 6.07) is 6.44. The molecule has 19 heavy (non-hydrogen) atoms. The highest BCUT2D eigenvalue weighted by atomic mass is 16.2. The Morgan fingerprint density at radius 2 is 2.21 bits per heavy atom. The fourth-order valence-corrected chi connectivity index (χ4v) is 2.01. The lowest BCUT2D eigenvalue weighted by Gasteiger charge is -2.28. The summed E-state index contributed by atoms with van der Waals surface area (Å²) >= 11 is 0. The number of nitriles is 1. The van der Waals surface area contributed by atoms with Gasteiger partial charge in [-0.3, -0.25) is 14.5 Å². The molecule has 6 nitrogen and oxygen atoms in total. The standard InChI is InChI=1S/C13H14N4O2/c1-17-12(18)5-4-11(13(17)19)16-9-3-2-8(7-14)10(15)6-9/h2-3,6,11,16H,4-5,15H2,1H3. The van der Waals surface area contributed by atoms with Gasteiger partial charge in [-0.2, -0.15) is 5.26 Å². The summed E-state index contributed by atoms with van der Waals surface area (Å²) in [5, 5.41) is 11.8. The van der Waals surface area contributed by atoms with Crippen LogP contribution in [0.4, 0.5) is 11.4 Å². The molecule has 0 radical (unpaired) electrons.